The maximum absolute atomic E-state index is 5.46. The third kappa shape index (κ3) is 1.09. The molecular weight excluding hydrogens is 118 g/mol. The Morgan fingerprint density at radius 2 is 2.33 bits per heavy atom. The van der Waals surface area contributed by atoms with Crippen LogP contribution in [0.2, 0.25) is 0 Å². The Kier molecular flexibility index (Phi) is 1.78. The van der Waals surface area contributed by atoms with Crippen LogP contribution in [0.1, 0.15) is 0 Å². The first-order valence-electron chi connectivity index (χ1n) is 2.97. The molecule has 52 valence electrons. The fraction of sp³-hybridized carbons (Fsp3) is 1.00. The van der Waals surface area contributed by atoms with Crippen LogP contribution in [0.3, 0.4) is 0 Å². The fourth-order valence-electron chi connectivity index (χ4n) is 0.858. The molecule has 4 heteroatoms. The predicted molar refractivity (Wildman–Crippen MR) is 31.5 cm³/mol. The van der Waals surface area contributed by atoms with Crippen LogP contribution in [0.4, 0.5) is 0 Å². The maximum atomic E-state index is 5.46. The second kappa shape index (κ2) is 2.41. The first kappa shape index (κ1) is 6.64. The van der Waals surface area contributed by atoms with Gasteiger partial charge in [0.2, 0.25) is 0 Å². The van der Waals surface area contributed by atoms with Gasteiger partial charge in [0.05, 0.1) is 18.6 Å². The van der Waals surface area contributed by atoms with Crippen molar-refractivity contribution in [2.24, 2.45) is 16.3 Å². The summed E-state index contributed by atoms with van der Waals surface area (Å²) in [4.78, 5) is 0. The lowest BCUT2D eigenvalue weighted by Gasteiger charge is -2.37. The van der Waals surface area contributed by atoms with Crippen LogP contribution in [-0.2, 0) is 4.74 Å². The molecule has 0 aromatic rings. The zero-order valence-electron chi connectivity index (χ0n) is 5.34. The zero-order chi connectivity index (χ0) is 6.74. The van der Waals surface area contributed by atoms with Gasteiger partial charge in [0.1, 0.15) is 6.54 Å². The zero-order valence-corrected chi connectivity index (χ0v) is 5.34. The van der Waals surface area contributed by atoms with Crippen molar-refractivity contribution in [1.29, 1.82) is 0 Å². The van der Waals surface area contributed by atoms with Gasteiger partial charge in [0.15, 0.2) is 0 Å². The Bertz CT molecular complexity index is 105. The lowest BCUT2D eigenvalue weighted by atomic mass is 9.86. The standard InChI is InChI=1S/C5H11N3O/c6-1-5(2-8-7)3-9-4-5/h7H,1-4,6H2/p+1. The van der Waals surface area contributed by atoms with Gasteiger partial charge >= 0.3 is 0 Å². The van der Waals surface area contributed by atoms with Crippen molar-refractivity contribution < 1.29 is 10.3 Å². The Labute approximate surface area is 53.9 Å². The van der Waals surface area contributed by atoms with Crippen LogP contribution < -0.4 is 11.3 Å². The smallest absolute Gasteiger partial charge is 0.112 e. The van der Waals surface area contributed by atoms with Crippen LogP contribution >= 0.6 is 0 Å². The van der Waals surface area contributed by atoms with Crippen LogP contribution in [0, 0.1) is 5.41 Å². The highest BCUT2D eigenvalue weighted by atomic mass is 16.5. The Morgan fingerprint density at radius 1 is 1.67 bits per heavy atom. The summed E-state index contributed by atoms with van der Waals surface area (Å²) in [5.74, 6) is 0. The van der Waals surface area contributed by atoms with E-state index in [1.165, 1.54) is 0 Å². The average Bonchev–Trinajstić information content (AvgIpc) is 1.79. The second-order valence-corrected chi connectivity index (χ2v) is 2.54. The van der Waals surface area contributed by atoms with Gasteiger partial charge in [-0.25, -0.2) is 0 Å². The van der Waals surface area contributed by atoms with Gasteiger partial charge < -0.3 is 10.5 Å². The number of rotatable bonds is 3. The van der Waals surface area contributed by atoms with Crippen molar-refractivity contribution in [3.05, 3.63) is 0 Å². The van der Waals surface area contributed by atoms with E-state index in [1.54, 1.807) is 0 Å². The van der Waals surface area contributed by atoms with Crippen molar-refractivity contribution in [3.63, 3.8) is 0 Å². The van der Waals surface area contributed by atoms with E-state index in [2.05, 4.69) is 5.11 Å². The van der Waals surface area contributed by atoms with Gasteiger partial charge in [-0.15, -0.1) is 0 Å². The summed E-state index contributed by atoms with van der Waals surface area (Å²) >= 11 is 0. The average molecular weight is 130 g/mol. The summed E-state index contributed by atoms with van der Waals surface area (Å²) < 4.78 is 4.99. The lowest BCUT2D eigenvalue weighted by molar-refractivity contribution is -0.234. The summed E-state index contributed by atoms with van der Waals surface area (Å²) in [6, 6.07) is 0. The Balaban J connectivity index is 2.36. The molecule has 0 spiro atoms. The molecule has 1 aliphatic heterocycles. The highest BCUT2D eigenvalue weighted by molar-refractivity contribution is 4.87. The lowest BCUT2D eigenvalue weighted by Crippen LogP contribution is -2.51. The van der Waals surface area contributed by atoms with Crippen LogP contribution in [0.5, 0.6) is 0 Å². The molecule has 0 amide bonds. The number of nitrogens with zero attached hydrogens (tertiary/aromatic N) is 1. The van der Waals surface area contributed by atoms with Crippen molar-refractivity contribution >= 4 is 0 Å². The highest BCUT2D eigenvalue weighted by Crippen LogP contribution is 2.25. The number of hydrogen-bond donors (Lipinski definition) is 2. The molecule has 0 saturated carbocycles. The van der Waals surface area contributed by atoms with E-state index < -0.39 is 0 Å². The van der Waals surface area contributed by atoms with Crippen molar-refractivity contribution in [2.45, 2.75) is 0 Å². The van der Waals surface area contributed by atoms with E-state index >= 15 is 0 Å². The quantitative estimate of drug-likeness (QED) is 0.441. The third-order valence-electron chi connectivity index (χ3n) is 1.68. The minimum absolute atomic E-state index is 0.0781. The molecule has 0 atom stereocenters. The molecule has 1 aliphatic rings. The largest absolute Gasteiger partial charge is 0.380 e. The molecule has 1 rings (SSSR count). The van der Waals surface area contributed by atoms with E-state index in [9.17, 15) is 0 Å². The van der Waals surface area contributed by atoms with Gasteiger partial charge in [0, 0.05) is 6.54 Å². The summed E-state index contributed by atoms with van der Waals surface area (Å²) in [5.41, 5.74) is 10.6. The van der Waals surface area contributed by atoms with E-state index in [1.807, 2.05) is 0 Å². The maximum Gasteiger partial charge on any atom is 0.112 e. The van der Waals surface area contributed by atoms with Gasteiger partial charge in [0.25, 0.3) is 0 Å². The van der Waals surface area contributed by atoms with Gasteiger partial charge in [-0.1, -0.05) is 0 Å². The molecule has 1 saturated heterocycles. The molecule has 0 unspecified atom stereocenters. The summed E-state index contributed by atoms with van der Waals surface area (Å²) in [6.45, 7) is 2.67. The van der Waals surface area contributed by atoms with E-state index in [4.69, 9.17) is 16.0 Å². The Hall–Kier alpha value is -0.480. The van der Waals surface area contributed by atoms with Gasteiger partial charge in [-0.3, -0.25) is 0 Å². The van der Waals surface area contributed by atoms with E-state index in [0.29, 0.717) is 26.3 Å². The predicted octanol–water partition coefficient (Wildman–Crippen LogP) is -1.83. The molecule has 1 fully saturated rings. The normalized spacial score (nSPS) is 22.8. The molecular formula is C5H12N3O+. The van der Waals surface area contributed by atoms with E-state index in [-0.39, 0.29) is 5.41 Å². The highest BCUT2D eigenvalue weighted by Gasteiger charge is 2.37. The molecule has 4 nitrogen and oxygen atoms in total. The van der Waals surface area contributed by atoms with Gasteiger partial charge in [-0.2, -0.15) is 5.53 Å². The number of nitrogens with two attached hydrogens (primary N) is 2. The Morgan fingerprint density at radius 3 is 2.44 bits per heavy atom. The first-order valence-corrected chi connectivity index (χ1v) is 2.97. The minimum atomic E-state index is 0.0781. The van der Waals surface area contributed by atoms with Crippen LogP contribution in [0.25, 0.3) is 0 Å². The van der Waals surface area contributed by atoms with E-state index in [0.717, 1.165) is 0 Å². The number of ether oxygens (including phenoxy) is 1. The van der Waals surface area contributed by atoms with Crippen LogP contribution in [0.15, 0.2) is 5.11 Å². The molecule has 0 aromatic heterocycles. The molecule has 0 bridgehead atoms. The molecule has 4 N–H and O–H groups in total. The summed E-state index contributed by atoms with van der Waals surface area (Å²) in [6.07, 6.45) is 0. The van der Waals surface area contributed by atoms with Crippen molar-refractivity contribution in [1.82, 2.24) is 0 Å². The molecule has 0 radical (unpaired) electrons. The topological polar surface area (TPSA) is 73.2 Å². The van der Waals surface area contributed by atoms with Crippen LogP contribution in [-0.4, -0.2) is 26.3 Å². The van der Waals surface area contributed by atoms with Crippen molar-refractivity contribution in [2.75, 3.05) is 26.3 Å². The summed E-state index contributed by atoms with van der Waals surface area (Å²) in [7, 11) is 0. The SMILES string of the molecule is NCC1(CN=[NH2+])COC1. The molecule has 0 aromatic carbocycles. The first-order chi connectivity index (χ1) is 4.33. The molecule has 0 aliphatic carbocycles. The molecule has 1 heterocycles. The fourth-order valence-corrected chi connectivity index (χ4v) is 0.858. The molecule has 9 heavy (non-hydrogen) atoms. The third-order valence-corrected chi connectivity index (χ3v) is 1.68. The van der Waals surface area contributed by atoms with Crippen molar-refractivity contribution in [3.8, 4) is 0 Å². The summed E-state index contributed by atoms with van der Waals surface area (Å²) in [5, 5.41) is 3.54. The van der Waals surface area contributed by atoms with Gasteiger partial charge in [-0.05, 0) is 5.11 Å². The number of hydrogen-bond acceptors (Lipinski definition) is 3. The second-order valence-electron chi connectivity index (χ2n) is 2.54. The minimum Gasteiger partial charge on any atom is -0.380 e. The monoisotopic (exact) mass is 130 g/mol.